The summed E-state index contributed by atoms with van der Waals surface area (Å²) in [4.78, 5) is 41.0. The molecular weight excluding hydrogens is 342 g/mol. The number of carbonyl (C=O) groups is 3. The lowest BCUT2D eigenvalue weighted by atomic mass is 9.97. The van der Waals surface area contributed by atoms with Crippen molar-refractivity contribution in [3.63, 3.8) is 0 Å². The Balaban J connectivity index is 1.74. The highest BCUT2D eigenvalue weighted by Gasteiger charge is 2.44. The summed E-state index contributed by atoms with van der Waals surface area (Å²) in [6.07, 6.45) is 0.621. The molecule has 1 aromatic carbocycles. The maximum absolute atomic E-state index is 12.7. The number of piperazine rings is 2. The second-order valence-corrected chi connectivity index (χ2v) is 7.38. The Labute approximate surface area is 152 Å². The van der Waals surface area contributed by atoms with Crippen molar-refractivity contribution in [3.05, 3.63) is 34.9 Å². The summed E-state index contributed by atoms with van der Waals surface area (Å²) in [5, 5.41) is 3.20. The molecule has 0 aliphatic carbocycles. The molecule has 0 saturated carbocycles. The molecule has 0 radical (unpaired) electrons. The van der Waals surface area contributed by atoms with Crippen LogP contribution in [0.15, 0.2) is 24.3 Å². The molecule has 2 fully saturated rings. The fourth-order valence-corrected chi connectivity index (χ4v) is 3.64. The Kier molecular flexibility index (Phi) is 4.99. The molecule has 3 amide bonds. The Morgan fingerprint density at radius 2 is 2.00 bits per heavy atom. The maximum atomic E-state index is 12.7. The number of hydrogen-bond acceptors (Lipinski definition) is 3. The van der Waals surface area contributed by atoms with Crippen LogP contribution in [0.4, 0.5) is 0 Å². The molecular formula is C18H22ClN3O3. The molecule has 1 aromatic rings. The van der Waals surface area contributed by atoms with Crippen LogP contribution in [0.5, 0.6) is 0 Å². The first-order chi connectivity index (χ1) is 11.9. The van der Waals surface area contributed by atoms with Gasteiger partial charge in [-0.3, -0.25) is 14.4 Å². The molecule has 134 valence electrons. The van der Waals surface area contributed by atoms with Gasteiger partial charge in [0.2, 0.25) is 11.8 Å². The van der Waals surface area contributed by atoms with Crippen LogP contribution in [-0.2, 0) is 9.59 Å². The molecule has 0 bridgehead atoms. The molecule has 0 aromatic heterocycles. The van der Waals surface area contributed by atoms with Crippen molar-refractivity contribution in [1.29, 1.82) is 0 Å². The van der Waals surface area contributed by atoms with Gasteiger partial charge in [-0.15, -0.1) is 0 Å². The molecule has 2 heterocycles. The van der Waals surface area contributed by atoms with Crippen molar-refractivity contribution in [2.75, 3.05) is 19.6 Å². The van der Waals surface area contributed by atoms with Crippen molar-refractivity contribution in [1.82, 2.24) is 15.1 Å². The van der Waals surface area contributed by atoms with E-state index in [1.807, 2.05) is 13.8 Å². The minimum absolute atomic E-state index is 0.0526. The Morgan fingerprint density at radius 1 is 1.28 bits per heavy atom. The summed E-state index contributed by atoms with van der Waals surface area (Å²) in [5.41, 5.74) is 0.415. The average Bonchev–Trinajstić information content (AvgIpc) is 2.58. The number of carbonyl (C=O) groups excluding carboxylic acids is 3. The number of benzene rings is 1. The largest absolute Gasteiger partial charge is 0.342 e. The van der Waals surface area contributed by atoms with E-state index in [1.54, 1.807) is 34.1 Å². The van der Waals surface area contributed by atoms with E-state index >= 15 is 0 Å². The van der Waals surface area contributed by atoms with E-state index in [4.69, 9.17) is 11.6 Å². The van der Waals surface area contributed by atoms with Crippen molar-refractivity contribution in [2.45, 2.75) is 32.4 Å². The van der Waals surface area contributed by atoms with E-state index in [0.717, 1.165) is 0 Å². The summed E-state index contributed by atoms with van der Waals surface area (Å²) in [6.45, 7) is 4.99. The Morgan fingerprint density at radius 3 is 2.68 bits per heavy atom. The average molecular weight is 364 g/mol. The highest BCUT2D eigenvalue weighted by molar-refractivity contribution is 6.33. The smallest absolute Gasteiger partial charge is 0.255 e. The van der Waals surface area contributed by atoms with Crippen LogP contribution in [0.2, 0.25) is 5.02 Å². The summed E-state index contributed by atoms with van der Waals surface area (Å²) in [5.74, 6) is -0.145. The first kappa shape index (κ1) is 17.7. The second kappa shape index (κ2) is 7.04. The van der Waals surface area contributed by atoms with Gasteiger partial charge in [0.15, 0.2) is 0 Å². The molecule has 2 atom stereocenters. The van der Waals surface area contributed by atoms with Gasteiger partial charge in [0, 0.05) is 13.1 Å². The van der Waals surface area contributed by atoms with E-state index in [2.05, 4.69) is 5.32 Å². The standard InChI is InChI=1S/C18H22ClN3O3/c1-11(2)9-14-18(25)22-8-7-21(10-15(22)16(23)20-14)17(24)12-5-3-4-6-13(12)19/h3-6,11,14-15H,7-10H2,1-2H3,(H,20,23)/t14-,15+/m0/s1. The quantitative estimate of drug-likeness (QED) is 0.885. The van der Waals surface area contributed by atoms with Gasteiger partial charge in [0.25, 0.3) is 5.91 Å². The SMILES string of the molecule is CC(C)C[C@@H]1NC(=O)[C@H]2CN(C(=O)c3ccccc3Cl)CCN2C1=O. The van der Waals surface area contributed by atoms with Crippen LogP contribution < -0.4 is 5.32 Å². The Bertz CT molecular complexity index is 707. The molecule has 2 aliphatic heterocycles. The van der Waals surface area contributed by atoms with Crippen LogP contribution in [0.25, 0.3) is 0 Å². The van der Waals surface area contributed by atoms with Crippen molar-refractivity contribution >= 4 is 29.3 Å². The van der Waals surface area contributed by atoms with Gasteiger partial charge in [0.05, 0.1) is 17.1 Å². The van der Waals surface area contributed by atoms with Gasteiger partial charge < -0.3 is 15.1 Å². The number of fused-ring (bicyclic) bond motifs is 1. The molecule has 3 rings (SSSR count). The summed E-state index contributed by atoms with van der Waals surface area (Å²) in [6, 6.07) is 5.76. The number of halogens is 1. The summed E-state index contributed by atoms with van der Waals surface area (Å²) in [7, 11) is 0. The molecule has 0 unspecified atom stereocenters. The lowest BCUT2D eigenvalue weighted by molar-refractivity contribution is -0.152. The summed E-state index contributed by atoms with van der Waals surface area (Å²) >= 11 is 6.10. The monoisotopic (exact) mass is 363 g/mol. The normalized spacial score (nSPS) is 23.5. The van der Waals surface area contributed by atoms with E-state index in [9.17, 15) is 14.4 Å². The number of nitrogens with zero attached hydrogens (tertiary/aromatic N) is 2. The van der Waals surface area contributed by atoms with Crippen molar-refractivity contribution < 1.29 is 14.4 Å². The zero-order chi connectivity index (χ0) is 18.1. The number of nitrogens with one attached hydrogen (secondary N) is 1. The maximum Gasteiger partial charge on any atom is 0.255 e. The zero-order valence-corrected chi connectivity index (χ0v) is 15.1. The lowest BCUT2D eigenvalue weighted by Crippen LogP contribution is -2.69. The van der Waals surface area contributed by atoms with Crippen molar-refractivity contribution in [2.24, 2.45) is 5.92 Å². The van der Waals surface area contributed by atoms with E-state index in [1.165, 1.54) is 0 Å². The van der Waals surface area contributed by atoms with Gasteiger partial charge in [-0.25, -0.2) is 0 Å². The fourth-order valence-electron chi connectivity index (χ4n) is 3.42. The minimum Gasteiger partial charge on any atom is -0.342 e. The van der Waals surface area contributed by atoms with Gasteiger partial charge in [-0.05, 0) is 24.5 Å². The Hall–Kier alpha value is -2.08. The lowest BCUT2D eigenvalue weighted by Gasteiger charge is -2.45. The highest BCUT2D eigenvalue weighted by Crippen LogP contribution is 2.23. The topological polar surface area (TPSA) is 69.7 Å². The third-order valence-corrected chi connectivity index (χ3v) is 5.01. The zero-order valence-electron chi connectivity index (χ0n) is 14.4. The van der Waals surface area contributed by atoms with Crippen LogP contribution in [-0.4, -0.2) is 59.2 Å². The second-order valence-electron chi connectivity index (χ2n) is 6.97. The molecule has 2 aliphatic rings. The van der Waals surface area contributed by atoms with Crippen LogP contribution >= 0.6 is 11.6 Å². The molecule has 1 N–H and O–H groups in total. The van der Waals surface area contributed by atoms with E-state index in [0.29, 0.717) is 36.0 Å². The number of amides is 3. The van der Waals surface area contributed by atoms with Gasteiger partial charge in [-0.1, -0.05) is 37.6 Å². The molecule has 6 nitrogen and oxygen atoms in total. The molecule has 25 heavy (non-hydrogen) atoms. The number of rotatable bonds is 3. The van der Waals surface area contributed by atoms with Gasteiger partial charge in [0.1, 0.15) is 12.1 Å². The van der Waals surface area contributed by atoms with E-state index in [-0.39, 0.29) is 24.3 Å². The predicted molar refractivity (Wildman–Crippen MR) is 94.2 cm³/mol. The first-order valence-electron chi connectivity index (χ1n) is 8.53. The van der Waals surface area contributed by atoms with Crippen LogP contribution in [0.1, 0.15) is 30.6 Å². The third kappa shape index (κ3) is 3.49. The molecule has 0 spiro atoms. The molecule has 2 saturated heterocycles. The fraction of sp³-hybridized carbons (Fsp3) is 0.500. The number of hydrogen-bond donors (Lipinski definition) is 1. The summed E-state index contributed by atoms with van der Waals surface area (Å²) < 4.78 is 0. The van der Waals surface area contributed by atoms with Crippen LogP contribution in [0.3, 0.4) is 0 Å². The first-order valence-corrected chi connectivity index (χ1v) is 8.91. The van der Waals surface area contributed by atoms with Crippen LogP contribution in [0, 0.1) is 5.92 Å². The third-order valence-electron chi connectivity index (χ3n) is 4.68. The molecule has 7 heteroatoms. The predicted octanol–water partition coefficient (Wildman–Crippen LogP) is 1.54. The van der Waals surface area contributed by atoms with E-state index < -0.39 is 12.1 Å². The van der Waals surface area contributed by atoms with Gasteiger partial charge >= 0.3 is 0 Å². The van der Waals surface area contributed by atoms with Gasteiger partial charge in [-0.2, -0.15) is 0 Å². The van der Waals surface area contributed by atoms with Crippen molar-refractivity contribution in [3.8, 4) is 0 Å². The minimum atomic E-state index is -0.629. The highest BCUT2D eigenvalue weighted by atomic mass is 35.5.